The highest BCUT2D eigenvalue weighted by Crippen LogP contribution is 2.52. The number of likely N-dealkylation sites (tertiary alicyclic amines) is 1. The highest BCUT2D eigenvalue weighted by atomic mass is 32.2. The Balaban J connectivity index is 1.57. The molecule has 150 valence electrons. The maximum absolute atomic E-state index is 12.4. The Morgan fingerprint density at radius 1 is 1.36 bits per heavy atom. The van der Waals surface area contributed by atoms with Crippen LogP contribution in [0.4, 0.5) is 0 Å². The number of rotatable bonds is 6. The number of fused-ring (bicyclic) bond motifs is 2. The fourth-order valence-electron chi connectivity index (χ4n) is 5.00. The third-order valence-corrected chi connectivity index (χ3v) is 6.78. The van der Waals surface area contributed by atoms with Crippen molar-refractivity contribution >= 4 is 17.7 Å². The van der Waals surface area contributed by atoms with Gasteiger partial charge in [-0.2, -0.15) is 16.9 Å². The molecule has 4 rings (SSSR count). The first kappa shape index (κ1) is 19.5. The SMILES string of the molecule is CO[C@H]1[C@H](NC(=O)CSC)c2ccccc2C12CCN(Cc1ccn[nH]1)CC2. The molecular weight excluding hydrogens is 372 g/mol. The number of methoxy groups -OCH3 is 1. The van der Waals surface area contributed by atoms with E-state index in [1.165, 1.54) is 11.1 Å². The molecule has 2 atom stereocenters. The lowest BCUT2D eigenvalue weighted by Gasteiger charge is -2.44. The van der Waals surface area contributed by atoms with Gasteiger partial charge in [0, 0.05) is 31.0 Å². The van der Waals surface area contributed by atoms with E-state index in [2.05, 4.69) is 44.7 Å². The number of benzene rings is 1. The third-order valence-electron chi connectivity index (χ3n) is 6.23. The minimum atomic E-state index is -0.0833. The molecule has 1 aliphatic heterocycles. The molecule has 28 heavy (non-hydrogen) atoms. The summed E-state index contributed by atoms with van der Waals surface area (Å²) in [6.45, 7) is 2.89. The number of hydrogen-bond donors (Lipinski definition) is 2. The van der Waals surface area contributed by atoms with Crippen LogP contribution in [-0.4, -0.2) is 59.3 Å². The van der Waals surface area contributed by atoms with Gasteiger partial charge in [-0.3, -0.25) is 14.8 Å². The number of aromatic amines is 1. The van der Waals surface area contributed by atoms with Gasteiger partial charge in [0.15, 0.2) is 0 Å². The molecule has 1 aliphatic carbocycles. The van der Waals surface area contributed by atoms with Gasteiger partial charge in [0.05, 0.1) is 17.9 Å². The number of ether oxygens (including phenoxy) is 1. The van der Waals surface area contributed by atoms with Crippen LogP contribution in [0.15, 0.2) is 36.5 Å². The monoisotopic (exact) mass is 400 g/mol. The van der Waals surface area contributed by atoms with E-state index in [0.717, 1.165) is 38.2 Å². The molecule has 2 heterocycles. The molecule has 1 fully saturated rings. The van der Waals surface area contributed by atoms with Crippen molar-refractivity contribution in [2.75, 3.05) is 32.2 Å². The quantitative estimate of drug-likeness (QED) is 0.780. The summed E-state index contributed by atoms with van der Waals surface area (Å²) in [5.74, 6) is 0.545. The van der Waals surface area contributed by atoms with Crippen LogP contribution in [0.3, 0.4) is 0 Å². The summed E-state index contributed by atoms with van der Waals surface area (Å²) in [6, 6.07) is 10.5. The van der Waals surface area contributed by atoms with Crippen molar-refractivity contribution in [1.82, 2.24) is 20.4 Å². The Hall–Kier alpha value is -1.83. The number of aromatic nitrogens is 2. The Kier molecular flexibility index (Phi) is 5.75. The maximum Gasteiger partial charge on any atom is 0.230 e. The van der Waals surface area contributed by atoms with Crippen LogP contribution < -0.4 is 5.32 Å². The summed E-state index contributed by atoms with van der Waals surface area (Å²) in [5.41, 5.74) is 3.66. The molecule has 1 aromatic heterocycles. The van der Waals surface area contributed by atoms with Gasteiger partial charge in [-0.1, -0.05) is 24.3 Å². The van der Waals surface area contributed by atoms with Crippen molar-refractivity contribution in [1.29, 1.82) is 0 Å². The second-order valence-corrected chi connectivity index (χ2v) is 8.60. The number of hydrogen-bond acceptors (Lipinski definition) is 5. The molecule has 7 heteroatoms. The molecular formula is C21H28N4O2S. The fraction of sp³-hybridized carbons (Fsp3) is 0.524. The lowest BCUT2D eigenvalue weighted by atomic mass is 9.72. The largest absolute Gasteiger partial charge is 0.378 e. The van der Waals surface area contributed by atoms with Crippen LogP contribution in [0, 0.1) is 0 Å². The molecule has 2 aliphatic rings. The smallest absolute Gasteiger partial charge is 0.230 e. The first-order valence-electron chi connectivity index (χ1n) is 9.79. The van der Waals surface area contributed by atoms with Crippen molar-refractivity contribution in [3.63, 3.8) is 0 Å². The van der Waals surface area contributed by atoms with Gasteiger partial charge < -0.3 is 10.1 Å². The number of amides is 1. The summed E-state index contributed by atoms with van der Waals surface area (Å²) in [4.78, 5) is 14.8. The lowest BCUT2D eigenvalue weighted by molar-refractivity contribution is -0.121. The molecule has 0 saturated carbocycles. The molecule has 1 amide bonds. The molecule has 0 radical (unpaired) electrons. The van der Waals surface area contributed by atoms with Crippen molar-refractivity contribution in [2.45, 2.75) is 36.9 Å². The van der Waals surface area contributed by atoms with Crippen LogP contribution >= 0.6 is 11.8 Å². The normalized spacial score (nSPS) is 23.6. The molecule has 2 aromatic rings. The summed E-state index contributed by atoms with van der Waals surface area (Å²) in [6.07, 6.45) is 5.76. The summed E-state index contributed by atoms with van der Waals surface area (Å²) < 4.78 is 6.06. The molecule has 0 unspecified atom stereocenters. The van der Waals surface area contributed by atoms with Crippen LogP contribution in [0.1, 0.15) is 35.7 Å². The Labute approximate surface area is 170 Å². The number of nitrogens with zero attached hydrogens (tertiary/aromatic N) is 2. The van der Waals surface area contributed by atoms with Crippen LogP contribution in [-0.2, 0) is 21.5 Å². The number of piperidine rings is 1. The summed E-state index contributed by atoms with van der Waals surface area (Å²) >= 11 is 1.54. The zero-order valence-corrected chi connectivity index (χ0v) is 17.3. The van der Waals surface area contributed by atoms with Crippen molar-refractivity contribution < 1.29 is 9.53 Å². The van der Waals surface area contributed by atoms with Gasteiger partial charge in [0.1, 0.15) is 0 Å². The maximum atomic E-state index is 12.4. The Bertz CT molecular complexity index is 802. The molecule has 1 spiro atoms. The van der Waals surface area contributed by atoms with Crippen LogP contribution in [0.5, 0.6) is 0 Å². The highest BCUT2D eigenvalue weighted by molar-refractivity contribution is 7.99. The van der Waals surface area contributed by atoms with Crippen LogP contribution in [0.25, 0.3) is 0 Å². The summed E-state index contributed by atoms with van der Waals surface area (Å²) in [7, 11) is 1.78. The van der Waals surface area contributed by atoms with Gasteiger partial charge in [-0.05, 0) is 49.4 Å². The van der Waals surface area contributed by atoms with Gasteiger partial charge in [-0.25, -0.2) is 0 Å². The van der Waals surface area contributed by atoms with Crippen molar-refractivity contribution in [2.24, 2.45) is 0 Å². The molecule has 6 nitrogen and oxygen atoms in total. The molecule has 0 bridgehead atoms. The Morgan fingerprint density at radius 3 is 2.82 bits per heavy atom. The highest BCUT2D eigenvalue weighted by Gasteiger charge is 2.53. The first-order valence-corrected chi connectivity index (χ1v) is 11.2. The van der Waals surface area contributed by atoms with Gasteiger partial charge in [0.2, 0.25) is 5.91 Å². The van der Waals surface area contributed by atoms with E-state index in [0.29, 0.717) is 5.75 Å². The van der Waals surface area contributed by atoms with E-state index in [9.17, 15) is 4.79 Å². The number of carbonyl (C=O) groups excluding carboxylic acids is 1. The number of H-pyrrole nitrogens is 1. The molecule has 1 aromatic carbocycles. The number of carbonyl (C=O) groups is 1. The zero-order chi connectivity index (χ0) is 19.6. The average molecular weight is 401 g/mol. The standard InChI is InChI=1S/C21H28N4O2S/c1-27-20-19(23-18(26)14-28-2)16-5-3-4-6-17(16)21(20)8-11-25(12-9-21)13-15-7-10-22-24-15/h3-7,10,19-20H,8-9,11-14H2,1-2H3,(H,22,24)(H,23,26)/t19-,20+/m1/s1. The zero-order valence-electron chi connectivity index (χ0n) is 16.5. The van der Waals surface area contributed by atoms with E-state index in [-0.39, 0.29) is 23.5 Å². The first-order chi connectivity index (χ1) is 13.7. The van der Waals surface area contributed by atoms with Gasteiger partial charge >= 0.3 is 0 Å². The van der Waals surface area contributed by atoms with E-state index in [1.807, 2.05) is 12.3 Å². The predicted octanol–water partition coefficient (Wildman–Crippen LogP) is 2.49. The number of thioether (sulfide) groups is 1. The van der Waals surface area contributed by atoms with Gasteiger partial charge in [0.25, 0.3) is 0 Å². The van der Waals surface area contributed by atoms with E-state index in [1.54, 1.807) is 25.1 Å². The minimum absolute atomic E-state index is 0.0370. The topological polar surface area (TPSA) is 70.2 Å². The second kappa shape index (κ2) is 8.27. The molecule has 1 saturated heterocycles. The number of nitrogens with one attached hydrogen (secondary N) is 2. The third kappa shape index (κ3) is 3.47. The van der Waals surface area contributed by atoms with Crippen LogP contribution in [0.2, 0.25) is 0 Å². The predicted molar refractivity (Wildman–Crippen MR) is 111 cm³/mol. The summed E-state index contributed by atoms with van der Waals surface area (Å²) in [5, 5.41) is 10.4. The van der Waals surface area contributed by atoms with E-state index in [4.69, 9.17) is 4.74 Å². The Morgan fingerprint density at radius 2 is 2.14 bits per heavy atom. The lowest BCUT2D eigenvalue weighted by Crippen LogP contribution is -2.50. The van der Waals surface area contributed by atoms with Gasteiger partial charge in [-0.15, -0.1) is 0 Å². The second-order valence-electron chi connectivity index (χ2n) is 7.74. The van der Waals surface area contributed by atoms with Crippen molar-refractivity contribution in [3.8, 4) is 0 Å². The fourth-order valence-corrected chi connectivity index (χ4v) is 5.34. The van der Waals surface area contributed by atoms with E-state index < -0.39 is 0 Å². The van der Waals surface area contributed by atoms with Crippen molar-refractivity contribution in [3.05, 3.63) is 53.3 Å². The molecule has 2 N–H and O–H groups in total. The minimum Gasteiger partial charge on any atom is -0.378 e. The van der Waals surface area contributed by atoms with E-state index >= 15 is 0 Å². The average Bonchev–Trinajstić information content (AvgIpc) is 3.30.